The van der Waals surface area contributed by atoms with Gasteiger partial charge in [0.1, 0.15) is 0 Å². The van der Waals surface area contributed by atoms with Gasteiger partial charge in [0, 0.05) is 24.9 Å². The third-order valence-electron chi connectivity index (χ3n) is 2.57. The van der Waals surface area contributed by atoms with Gasteiger partial charge in [0.2, 0.25) is 0 Å². The number of ether oxygens (including phenoxy) is 1. The molecule has 1 N–H and O–H groups in total. The molecular formula is C10H21NO2S. The van der Waals surface area contributed by atoms with Crippen molar-refractivity contribution in [3.05, 3.63) is 0 Å². The molecule has 0 amide bonds. The van der Waals surface area contributed by atoms with Crippen LogP contribution in [0.2, 0.25) is 0 Å². The highest BCUT2D eigenvalue weighted by Gasteiger charge is 2.24. The molecule has 3 nitrogen and oxygen atoms in total. The molecule has 1 saturated heterocycles. The van der Waals surface area contributed by atoms with E-state index in [0.717, 1.165) is 19.7 Å². The van der Waals surface area contributed by atoms with Gasteiger partial charge in [-0.05, 0) is 12.7 Å². The van der Waals surface area contributed by atoms with E-state index in [1.807, 2.05) is 11.8 Å². The lowest BCUT2D eigenvalue weighted by Gasteiger charge is -2.37. The van der Waals surface area contributed by atoms with Crippen LogP contribution < -0.4 is 0 Å². The Morgan fingerprint density at radius 2 is 2.36 bits per heavy atom. The van der Waals surface area contributed by atoms with Gasteiger partial charge in [0.25, 0.3) is 0 Å². The highest BCUT2D eigenvalue weighted by Crippen LogP contribution is 2.12. The Bertz CT molecular complexity index is 157. The molecule has 84 valence electrons. The molecule has 1 heterocycles. The summed E-state index contributed by atoms with van der Waals surface area (Å²) in [6, 6.07) is 0.496. The van der Waals surface area contributed by atoms with Crippen molar-refractivity contribution >= 4 is 11.8 Å². The summed E-state index contributed by atoms with van der Waals surface area (Å²) >= 11 is 1.97. The smallest absolute Gasteiger partial charge is 0.0933 e. The van der Waals surface area contributed by atoms with Crippen LogP contribution in [-0.4, -0.2) is 60.0 Å². The third-order valence-corrected chi connectivity index (χ3v) is 3.44. The van der Waals surface area contributed by atoms with Gasteiger partial charge in [-0.2, -0.15) is 11.8 Å². The molecule has 1 aliphatic heterocycles. The van der Waals surface area contributed by atoms with E-state index >= 15 is 0 Å². The molecule has 2 unspecified atom stereocenters. The molecular weight excluding hydrogens is 198 g/mol. The summed E-state index contributed by atoms with van der Waals surface area (Å²) < 4.78 is 5.48. The minimum Gasteiger partial charge on any atom is -0.394 e. The molecule has 0 spiro atoms. The first kappa shape index (κ1) is 12.3. The molecule has 1 aliphatic rings. The number of rotatable bonds is 5. The van der Waals surface area contributed by atoms with Gasteiger partial charge < -0.3 is 9.84 Å². The standard InChI is InChI=1S/C10H21NO2S/c1-3-14-5-4-11-6-10(7-12)13-8-9(11)2/h9-10,12H,3-8H2,1-2H3. The highest BCUT2D eigenvalue weighted by molar-refractivity contribution is 7.99. The highest BCUT2D eigenvalue weighted by atomic mass is 32.2. The van der Waals surface area contributed by atoms with Crippen LogP contribution in [0.25, 0.3) is 0 Å². The van der Waals surface area contributed by atoms with Crippen molar-refractivity contribution in [2.75, 3.05) is 37.8 Å². The molecule has 0 aromatic carbocycles. The van der Waals surface area contributed by atoms with E-state index in [1.54, 1.807) is 0 Å². The molecule has 1 rings (SSSR count). The third kappa shape index (κ3) is 3.77. The monoisotopic (exact) mass is 219 g/mol. The van der Waals surface area contributed by atoms with Crippen LogP contribution in [0.5, 0.6) is 0 Å². The van der Waals surface area contributed by atoms with E-state index < -0.39 is 0 Å². The second-order valence-electron chi connectivity index (χ2n) is 3.68. The van der Waals surface area contributed by atoms with Crippen molar-refractivity contribution in [2.24, 2.45) is 0 Å². The number of aliphatic hydroxyl groups excluding tert-OH is 1. The maximum Gasteiger partial charge on any atom is 0.0933 e. The van der Waals surface area contributed by atoms with Crippen LogP contribution in [0.15, 0.2) is 0 Å². The molecule has 0 aliphatic carbocycles. The molecule has 0 saturated carbocycles. The van der Waals surface area contributed by atoms with E-state index in [4.69, 9.17) is 9.84 Å². The molecule has 0 aromatic heterocycles. The molecule has 4 heteroatoms. The topological polar surface area (TPSA) is 32.7 Å². The molecule has 1 fully saturated rings. The van der Waals surface area contributed by atoms with E-state index in [1.165, 1.54) is 11.5 Å². The van der Waals surface area contributed by atoms with Crippen LogP contribution in [0.4, 0.5) is 0 Å². The summed E-state index contributed by atoms with van der Waals surface area (Å²) in [5.74, 6) is 2.36. The van der Waals surface area contributed by atoms with Crippen LogP contribution in [0.1, 0.15) is 13.8 Å². The normalized spacial score (nSPS) is 29.4. The van der Waals surface area contributed by atoms with Gasteiger partial charge in [-0.1, -0.05) is 6.92 Å². The fourth-order valence-corrected chi connectivity index (χ4v) is 2.28. The summed E-state index contributed by atoms with van der Waals surface area (Å²) in [6.07, 6.45) is 0.0258. The zero-order valence-corrected chi connectivity index (χ0v) is 9.92. The number of hydrogen-bond acceptors (Lipinski definition) is 4. The Balaban J connectivity index is 2.25. The Labute approximate surface area is 90.8 Å². The SMILES string of the molecule is CCSCCN1CC(CO)OCC1C. The van der Waals surface area contributed by atoms with Crippen molar-refractivity contribution in [3.63, 3.8) is 0 Å². The lowest BCUT2D eigenvalue weighted by molar-refractivity contribution is -0.0757. The Kier molecular flexibility index (Phi) is 5.86. The molecule has 2 atom stereocenters. The van der Waals surface area contributed by atoms with Crippen LogP contribution >= 0.6 is 11.8 Å². The lowest BCUT2D eigenvalue weighted by atomic mass is 10.2. The van der Waals surface area contributed by atoms with Crippen LogP contribution in [-0.2, 0) is 4.74 Å². The van der Waals surface area contributed by atoms with E-state index in [0.29, 0.717) is 6.04 Å². The van der Waals surface area contributed by atoms with Crippen molar-refractivity contribution in [3.8, 4) is 0 Å². The van der Waals surface area contributed by atoms with Crippen molar-refractivity contribution in [1.82, 2.24) is 4.90 Å². The molecule has 0 aromatic rings. The number of nitrogens with zero attached hydrogens (tertiary/aromatic N) is 1. The van der Waals surface area contributed by atoms with Gasteiger partial charge in [-0.25, -0.2) is 0 Å². The Morgan fingerprint density at radius 1 is 1.57 bits per heavy atom. The summed E-state index contributed by atoms with van der Waals surface area (Å²) in [4.78, 5) is 2.41. The van der Waals surface area contributed by atoms with Crippen LogP contribution in [0.3, 0.4) is 0 Å². The van der Waals surface area contributed by atoms with Gasteiger partial charge in [-0.15, -0.1) is 0 Å². The lowest BCUT2D eigenvalue weighted by Crippen LogP contribution is -2.50. The van der Waals surface area contributed by atoms with E-state index in [-0.39, 0.29) is 12.7 Å². The summed E-state index contributed by atoms with van der Waals surface area (Å²) in [6.45, 7) is 7.25. The van der Waals surface area contributed by atoms with E-state index in [2.05, 4.69) is 18.7 Å². The van der Waals surface area contributed by atoms with Crippen molar-refractivity contribution < 1.29 is 9.84 Å². The van der Waals surface area contributed by atoms with Gasteiger partial charge in [-0.3, -0.25) is 4.90 Å². The minimum absolute atomic E-state index is 0.0258. The van der Waals surface area contributed by atoms with Gasteiger partial charge >= 0.3 is 0 Å². The first-order valence-corrected chi connectivity index (χ1v) is 6.47. The fourth-order valence-electron chi connectivity index (χ4n) is 1.62. The zero-order chi connectivity index (χ0) is 10.4. The maximum absolute atomic E-state index is 9.01. The first-order chi connectivity index (χ1) is 6.77. The van der Waals surface area contributed by atoms with Crippen molar-refractivity contribution in [2.45, 2.75) is 26.0 Å². The number of thioether (sulfide) groups is 1. The second-order valence-corrected chi connectivity index (χ2v) is 5.07. The quantitative estimate of drug-likeness (QED) is 0.694. The number of aliphatic hydroxyl groups is 1. The predicted octanol–water partition coefficient (Wildman–Crippen LogP) is 0.821. The summed E-state index contributed by atoms with van der Waals surface area (Å²) in [5.41, 5.74) is 0. The summed E-state index contributed by atoms with van der Waals surface area (Å²) in [5, 5.41) is 9.01. The first-order valence-electron chi connectivity index (χ1n) is 5.32. The molecule has 0 bridgehead atoms. The van der Waals surface area contributed by atoms with Gasteiger partial charge in [0.05, 0.1) is 19.3 Å². The van der Waals surface area contributed by atoms with Crippen molar-refractivity contribution in [1.29, 1.82) is 0 Å². The Hall–Kier alpha value is 0.230. The predicted molar refractivity (Wildman–Crippen MR) is 60.9 cm³/mol. The number of hydrogen-bond donors (Lipinski definition) is 1. The number of morpholine rings is 1. The average Bonchev–Trinajstić information content (AvgIpc) is 2.21. The maximum atomic E-state index is 9.01. The Morgan fingerprint density at radius 3 is 3.00 bits per heavy atom. The second kappa shape index (κ2) is 6.67. The fraction of sp³-hybridized carbons (Fsp3) is 1.00. The van der Waals surface area contributed by atoms with Gasteiger partial charge in [0.15, 0.2) is 0 Å². The van der Waals surface area contributed by atoms with Crippen LogP contribution in [0, 0.1) is 0 Å². The molecule has 0 radical (unpaired) electrons. The van der Waals surface area contributed by atoms with E-state index in [9.17, 15) is 0 Å². The molecule has 14 heavy (non-hydrogen) atoms. The minimum atomic E-state index is 0.0258. The summed E-state index contributed by atoms with van der Waals surface area (Å²) in [7, 11) is 0. The average molecular weight is 219 g/mol. The largest absolute Gasteiger partial charge is 0.394 e. The zero-order valence-electron chi connectivity index (χ0n) is 9.11.